The maximum absolute atomic E-state index is 3.81. The fourth-order valence-electron chi connectivity index (χ4n) is 3.37. The first-order valence-electron chi connectivity index (χ1n) is 8.33. The minimum absolute atomic E-state index is 0.551. The van der Waals surface area contributed by atoms with E-state index in [1.54, 1.807) is 0 Å². The van der Waals surface area contributed by atoms with E-state index in [1.165, 1.54) is 37.9 Å². The van der Waals surface area contributed by atoms with E-state index in [2.05, 4.69) is 53.7 Å². The molecule has 2 aliphatic rings. The standard InChI is InChI=1S/C18H28N2S/c1-14(21-2)10-11-20-13-17(15-8-9-15)19-12-18(20)16-6-4-3-5-7-16/h3-7,14-15,17-19H,8-13H2,1-2H3. The molecule has 0 bridgehead atoms. The van der Waals surface area contributed by atoms with Gasteiger partial charge < -0.3 is 5.32 Å². The van der Waals surface area contributed by atoms with E-state index in [-0.39, 0.29) is 0 Å². The minimum Gasteiger partial charge on any atom is -0.311 e. The lowest BCUT2D eigenvalue weighted by molar-refractivity contribution is 0.121. The third-order valence-electron chi connectivity index (χ3n) is 5.05. The Balaban J connectivity index is 1.67. The Kier molecular flexibility index (Phi) is 5.25. The van der Waals surface area contributed by atoms with Crippen molar-refractivity contribution >= 4 is 11.8 Å². The predicted molar refractivity (Wildman–Crippen MR) is 92.9 cm³/mol. The van der Waals surface area contributed by atoms with Gasteiger partial charge in [-0.15, -0.1) is 0 Å². The van der Waals surface area contributed by atoms with E-state index in [9.17, 15) is 0 Å². The second-order valence-electron chi connectivity index (χ2n) is 6.61. The molecule has 0 aromatic heterocycles. The highest BCUT2D eigenvalue weighted by molar-refractivity contribution is 7.99. The quantitative estimate of drug-likeness (QED) is 0.865. The van der Waals surface area contributed by atoms with Gasteiger partial charge in [0.15, 0.2) is 0 Å². The van der Waals surface area contributed by atoms with Gasteiger partial charge in [-0.1, -0.05) is 37.3 Å². The van der Waals surface area contributed by atoms with Crippen LogP contribution in [0.4, 0.5) is 0 Å². The summed E-state index contributed by atoms with van der Waals surface area (Å²) in [5.74, 6) is 0.946. The van der Waals surface area contributed by atoms with Crippen LogP contribution in [0.25, 0.3) is 0 Å². The number of nitrogens with one attached hydrogen (secondary N) is 1. The van der Waals surface area contributed by atoms with Crippen LogP contribution in [0.15, 0.2) is 30.3 Å². The zero-order valence-corrected chi connectivity index (χ0v) is 14.1. The van der Waals surface area contributed by atoms with Gasteiger partial charge >= 0.3 is 0 Å². The molecule has 1 aliphatic heterocycles. The van der Waals surface area contributed by atoms with Crippen LogP contribution >= 0.6 is 11.8 Å². The topological polar surface area (TPSA) is 15.3 Å². The van der Waals surface area contributed by atoms with Gasteiger partial charge in [0.1, 0.15) is 0 Å². The lowest BCUT2D eigenvalue weighted by atomic mass is 9.99. The third-order valence-corrected chi connectivity index (χ3v) is 6.09. The summed E-state index contributed by atoms with van der Waals surface area (Å²) in [6.07, 6.45) is 6.39. The molecule has 1 heterocycles. The van der Waals surface area contributed by atoms with Gasteiger partial charge in [0.05, 0.1) is 0 Å². The molecule has 1 saturated carbocycles. The van der Waals surface area contributed by atoms with Gasteiger partial charge in [0.25, 0.3) is 0 Å². The monoisotopic (exact) mass is 304 g/mol. The van der Waals surface area contributed by atoms with Gasteiger partial charge in [-0.05, 0) is 43.5 Å². The molecule has 1 aromatic rings. The average Bonchev–Trinajstić information content (AvgIpc) is 3.38. The molecule has 3 rings (SSSR count). The first kappa shape index (κ1) is 15.4. The normalized spacial score (nSPS) is 28.5. The molecule has 3 atom stereocenters. The molecule has 1 aliphatic carbocycles. The first-order chi connectivity index (χ1) is 10.3. The molecule has 2 nitrogen and oxygen atoms in total. The Morgan fingerprint density at radius 1 is 1.29 bits per heavy atom. The zero-order chi connectivity index (χ0) is 14.7. The van der Waals surface area contributed by atoms with E-state index < -0.39 is 0 Å². The minimum atomic E-state index is 0.551. The number of hydrogen-bond donors (Lipinski definition) is 1. The van der Waals surface area contributed by atoms with Crippen molar-refractivity contribution < 1.29 is 0 Å². The third kappa shape index (κ3) is 4.02. The highest BCUT2D eigenvalue weighted by atomic mass is 32.2. The molecule has 1 saturated heterocycles. The highest BCUT2D eigenvalue weighted by Gasteiger charge is 2.37. The van der Waals surface area contributed by atoms with E-state index in [0.717, 1.165) is 23.8 Å². The lowest BCUT2D eigenvalue weighted by Gasteiger charge is -2.41. The molecule has 116 valence electrons. The molecular formula is C18H28N2S. The maximum atomic E-state index is 3.81. The largest absolute Gasteiger partial charge is 0.311 e. The Morgan fingerprint density at radius 2 is 2.05 bits per heavy atom. The Bertz CT molecular complexity index is 432. The van der Waals surface area contributed by atoms with Crippen LogP contribution in [0.1, 0.15) is 37.8 Å². The number of hydrogen-bond acceptors (Lipinski definition) is 3. The smallest absolute Gasteiger partial charge is 0.0473 e. The second kappa shape index (κ2) is 7.17. The van der Waals surface area contributed by atoms with E-state index in [4.69, 9.17) is 0 Å². The van der Waals surface area contributed by atoms with Crippen LogP contribution in [0.5, 0.6) is 0 Å². The molecule has 3 heteroatoms. The number of benzene rings is 1. The highest BCUT2D eigenvalue weighted by Crippen LogP contribution is 2.36. The predicted octanol–water partition coefficient (Wildman–Crippen LogP) is 3.55. The second-order valence-corrected chi connectivity index (χ2v) is 7.88. The fraction of sp³-hybridized carbons (Fsp3) is 0.667. The molecule has 21 heavy (non-hydrogen) atoms. The van der Waals surface area contributed by atoms with Crippen molar-refractivity contribution in [2.24, 2.45) is 5.92 Å². The van der Waals surface area contributed by atoms with Crippen molar-refractivity contribution in [1.29, 1.82) is 0 Å². The number of thioether (sulfide) groups is 1. The molecule has 0 spiro atoms. The van der Waals surface area contributed by atoms with Crippen LogP contribution in [0.3, 0.4) is 0 Å². The molecule has 3 unspecified atom stereocenters. The summed E-state index contributed by atoms with van der Waals surface area (Å²) in [6, 6.07) is 12.3. The zero-order valence-electron chi connectivity index (χ0n) is 13.3. The Morgan fingerprint density at radius 3 is 2.71 bits per heavy atom. The summed E-state index contributed by atoms with van der Waals surface area (Å²) in [7, 11) is 0. The van der Waals surface area contributed by atoms with Crippen molar-refractivity contribution in [1.82, 2.24) is 10.2 Å². The Labute approximate surface area is 133 Å². The van der Waals surface area contributed by atoms with E-state index >= 15 is 0 Å². The summed E-state index contributed by atoms with van der Waals surface area (Å²) in [6.45, 7) is 5.92. The lowest BCUT2D eigenvalue weighted by Crippen LogP contribution is -2.53. The van der Waals surface area contributed by atoms with E-state index in [1.807, 2.05) is 11.8 Å². The van der Waals surface area contributed by atoms with Gasteiger partial charge in [0.2, 0.25) is 0 Å². The molecule has 1 N–H and O–H groups in total. The van der Waals surface area contributed by atoms with Crippen LogP contribution in [0.2, 0.25) is 0 Å². The number of rotatable bonds is 6. The fourth-order valence-corrected chi connectivity index (χ4v) is 3.71. The number of nitrogens with zero attached hydrogens (tertiary/aromatic N) is 1. The van der Waals surface area contributed by atoms with Gasteiger partial charge in [-0.3, -0.25) is 4.90 Å². The van der Waals surface area contributed by atoms with E-state index in [0.29, 0.717) is 6.04 Å². The van der Waals surface area contributed by atoms with Crippen molar-refractivity contribution in [3.05, 3.63) is 35.9 Å². The molecule has 0 radical (unpaired) electrons. The summed E-state index contributed by atoms with van der Waals surface area (Å²) < 4.78 is 0. The van der Waals surface area contributed by atoms with Crippen LogP contribution in [-0.2, 0) is 0 Å². The summed E-state index contributed by atoms with van der Waals surface area (Å²) in [5.41, 5.74) is 1.47. The molecular weight excluding hydrogens is 276 g/mol. The Hall–Kier alpha value is -0.510. The maximum Gasteiger partial charge on any atom is 0.0473 e. The van der Waals surface area contributed by atoms with Gasteiger partial charge in [-0.25, -0.2) is 0 Å². The van der Waals surface area contributed by atoms with Gasteiger partial charge in [0, 0.05) is 30.4 Å². The number of piperazine rings is 1. The van der Waals surface area contributed by atoms with Crippen molar-refractivity contribution in [2.45, 2.75) is 43.5 Å². The van der Waals surface area contributed by atoms with Crippen LogP contribution in [-0.4, -0.2) is 42.1 Å². The van der Waals surface area contributed by atoms with Crippen molar-refractivity contribution in [3.63, 3.8) is 0 Å². The summed E-state index contributed by atoms with van der Waals surface area (Å²) in [4.78, 5) is 2.74. The molecule has 2 fully saturated rings. The SMILES string of the molecule is CSC(C)CCN1CC(C2CC2)NCC1c1ccccc1. The van der Waals surface area contributed by atoms with Crippen molar-refractivity contribution in [2.75, 3.05) is 25.9 Å². The average molecular weight is 305 g/mol. The van der Waals surface area contributed by atoms with Crippen molar-refractivity contribution in [3.8, 4) is 0 Å². The summed E-state index contributed by atoms with van der Waals surface area (Å²) >= 11 is 1.99. The summed E-state index contributed by atoms with van der Waals surface area (Å²) in [5, 5.41) is 4.57. The van der Waals surface area contributed by atoms with Crippen LogP contribution in [0, 0.1) is 5.92 Å². The van der Waals surface area contributed by atoms with Crippen LogP contribution < -0.4 is 5.32 Å². The molecule has 0 amide bonds. The molecule has 1 aromatic carbocycles. The van der Waals surface area contributed by atoms with Gasteiger partial charge in [-0.2, -0.15) is 11.8 Å². The first-order valence-corrected chi connectivity index (χ1v) is 9.62.